The van der Waals surface area contributed by atoms with Gasteiger partial charge in [0.2, 0.25) is 30.6 Å². The molecule has 0 spiro atoms. The summed E-state index contributed by atoms with van der Waals surface area (Å²) < 4.78 is 10.0. The van der Waals surface area contributed by atoms with E-state index in [1.54, 1.807) is 0 Å². The summed E-state index contributed by atoms with van der Waals surface area (Å²) in [6.45, 7) is -0.300. The largest absolute Gasteiger partial charge is 0.425 e. The van der Waals surface area contributed by atoms with E-state index in [4.69, 9.17) is 32.4 Å². The maximum absolute atomic E-state index is 5.35. The maximum Gasteiger partial charge on any atom is 0.325 e. The summed E-state index contributed by atoms with van der Waals surface area (Å²) in [5.41, 5.74) is 21.4. The van der Waals surface area contributed by atoms with E-state index >= 15 is 0 Å². The van der Waals surface area contributed by atoms with Gasteiger partial charge in [0, 0.05) is 0 Å². The molecule has 0 saturated carbocycles. The number of nitrogens with zero attached hydrogens (tertiary/aromatic N) is 6. The van der Waals surface area contributed by atoms with Gasteiger partial charge in [-0.25, -0.2) is 0 Å². The number of nitrogen functional groups attached to an aromatic ring is 4. The molecular formula is C7H10N10O2. The number of nitrogens with two attached hydrogens (primary N) is 4. The van der Waals surface area contributed by atoms with Gasteiger partial charge in [-0.3, -0.25) is 0 Å². The molecule has 0 saturated heterocycles. The molecule has 2 heterocycles. The summed E-state index contributed by atoms with van der Waals surface area (Å²) in [7, 11) is 0. The van der Waals surface area contributed by atoms with Crippen molar-refractivity contribution in [2.75, 3.05) is 29.7 Å². The van der Waals surface area contributed by atoms with Crippen molar-refractivity contribution < 1.29 is 9.47 Å². The zero-order valence-corrected chi connectivity index (χ0v) is 9.52. The summed E-state index contributed by atoms with van der Waals surface area (Å²) in [4.78, 5) is 21.8. The van der Waals surface area contributed by atoms with Crippen molar-refractivity contribution >= 4 is 23.8 Å². The van der Waals surface area contributed by atoms with Crippen molar-refractivity contribution in [1.29, 1.82) is 0 Å². The third-order valence-electron chi connectivity index (χ3n) is 1.68. The number of hydrogen-bond donors (Lipinski definition) is 4. The van der Waals surface area contributed by atoms with E-state index in [0.717, 1.165) is 0 Å². The van der Waals surface area contributed by atoms with Crippen LogP contribution in [-0.2, 0) is 0 Å². The molecule has 2 rings (SSSR count). The molecule has 0 amide bonds. The molecule has 2 aromatic rings. The number of anilines is 4. The van der Waals surface area contributed by atoms with Gasteiger partial charge in [-0.05, 0) is 0 Å². The molecule has 0 aliphatic heterocycles. The van der Waals surface area contributed by atoms with Gasteiger partial charge < -0.3 is 32.4 Å². The van der Waals surface area contributed by atoms with Crippen LogP contribution < -0.4 is 32.4 Å². The van der Waals surface area contributed by atoms with Crippen molar-refractivity contribution in [2.24, 2.45) is 0 Å². The lowest BCUT2D eigenvalue weighted by atomic mass is 10.9. The van der Waals surface area contributed by atoms with Gasteiger partial charge in [0.1, 0.15) is 0 Å². The van der Waals surface area contributed by atoms with Gasteiger partial charge in [-0.1, -0.05) is 0 Å². The molecule has 0 unspecified atom stereocenters. The first-order valence-electron chi connectivity index (χ1n) is 4.82. The molecule has 12 nitrogen and oxygen atoms in total. The second-order valence-electron chi connectivity index (χ2n) is 3.08. The second kappa shape index (κ2) is 4.99. The summed E-state index contributed by atoms with van der Waals surface area (Å²) in [5, 5.41) is 0. The topological polar surface area (TPSA) is 200 Å². The van der Waals surface area contributed by atoms with Gasteiger partial charge >= 0.3 is 12.0 Å². The number of rotatable bonds is 4. The molecule has 19 heavy (non-hydrogen) atoms. The zero-order chi connectivity index (χ0) is 13.8. The predicted molar refractivity (Wildman–Crippen MR) is 63.4 cm³/mol. The van der Waals surface area contributed by atoms with Crippen LogP contribution in [0.25, 0.3) is 0 Å². The van der Waals surface area contributed by atoms with Gasteiger partial charge in [-0.2, -0.15) is 29.9 Å². The highest BCUT2D eigenvalue weighted by molar-refractivity contribution is 5.28. The summed E-state index contributed by atoms with van der Waals surface area (Å²) >= 11 is 0. The predicted octanol–water partition coefficient (Wildman–Crippen LogP) is -2.20. The van der Waals surface area contributed by atoms with Crippen LogP contribution in [0.2, 0.25) is 0 Å². The maximum atomic E-state index is 5.35. The van der Waals surface area contributed by atoms with Crippen molar-refractivity contribution in [3.63, 3.8) is 0 Å². The van der Waals surface area contributed by atoms with E-state index in [-0.39, 0.29) is 42.6 Å². The summed E-state index contributed by atoms with van der Waals surface area (Å²) in [6, 6.07) is -0.194. The van der Waals surface area contributed by atoms with Crippen LogP contribution in [0.3, 0.4) is 0 Å². The van der Waals surface area contributed by atoms with Gasteiger partial charge in [0.05, 0.1) is 0 Å². The number of ether oxygens (including phenoxy) is 2. The van der Waals surface area contributed by atoms with Crippen LogP contribution in [-0.4, -0.2) is 36.7 Å². The number of aromatic nitrogens is 6. The molecule has 2 aromatic heterocycles. The average molecular weight is 266 g/mol. The fourth-order valence-corrected chi connectivity index (χ4v) is 1.04. The van der Waals surface area contributed by atoms with Crippen molar-refractivity contribution in [1.82, 2.24) is 29.9 Å². The lowest BCUT2D eigenvalue weighted by molar-refractivity contribution is 0.101. The van der Waals surface area contributed by atoms with Gasteiger partial charge in [-0.15, -0.1) is 0 Å². The molecule has 100 valence electrons. The fraction of sp³-hybridized carbons (Fsp3) is 0.143. The highest BCUT2D eigenvalue weighted by Crippen LogP contribution is 2.08. The second-order valence-corrected chi connectivity index (χ2v) is 3.08. The molecule has 0 aliphatic rings. The van der Waals surface area contributed by atoms with Crippen LogP contribution in [0.4, 0.5) is 23.8 Å². The SMILES string of the molecule is Nc1nc(N)nc(OCOc2nc(N)nc(N)n2)n1. The number of hydrogen-bond acceptors (Lipinski definition) is 12. The van der Waals surface area contributed by atoms with Crippen LogP contribution in [0.5, 0.6) is 12.0 Å². The third kappa shape index (κ3) is 3.39. The third-order valence-corrected chi connectivity index (χ3v) is 1.68. The molecule has 0 bridgehead atoms. The van der Waals surface area contributed by atoms with Gasteiger partial charge in [0.15, 0.2) is 0 Å². The quantitative estimate of drug-likeness (QED) is 0.435. The van der Waals surface area contributed by atoms with E-state index in [1.165, 1.54) is 0 Å². The Morgan fingerprint density at radius 2 is 0.895 bits per heavy atom. The molecule has 0 fully saturated rings. The Morgan fingerprint density at radius 1 is 0.579 bits per heavy atom. The van der Waals surface area contributed by atoms with Crippen LogP contribution in [0, 0.1) is 0 Å². The van der Waals surface area contributed by atoms with E-state index in [2.05, 4.69) is 29.9 Å². The highest BCUT2D eigenvalue weighted by Gasteiger charge is 2.05. The van der Waals surface area contributed by atoms with E-state index in [0.29, 0.717) is 0 Å². The van der Waals surface area contributed by atoms with E-state index in [1.807, 2.05) is 0 Å². The van der Waals surface area contributed by atoms with Crippen LogP contribution in [0.1, 0.15) is 0 Å². The molecule has 0 radical (unpaired) electrons. The summed E-state index contributed by atoms with van der Waals surface area (Å²) in [5.74, 6) is -0.292. The van der Waals surface area contributed by atoms with E-state index in [9.17, 15) is 0 Å². The average Bonchev–Trinajstić information content (AvgIpc) is 2.26. The van der Waals surface area contributed by atoms with Crippen LogP contribution in [0.15, 0.2) is 0 Å². The molecule has 8 N–H and O–H groups in total. The highest BCUT2D eigenvalue weighted by atomic mass is 16.7. The Hall–Kier alpha value is -3.18. The van der Waals surface area contributed by atoms with Crippen molar-refractivity contribution in [3.05, 3.63) is 0 Å². The Bertz CT molecular complexity index is 498. The Labute approximate surface area is 106 Å². The minimum atomic E-state index is -0.300. The zero-order valence-electron chi connectivity index (χ0n) is 9.52. The lowest BCUT2D eigenvalue weighted by Gasteiger charge is -2.06. The monoisotopic (exact) mass is 266 g/mol. The molecular weight excluding hydrogens is 256 g/mol. The lowest BCUT2D eigenvalue weighted by Crippen LogP contribution is -2.13. The smallest absolute Gasteiger partial charge is 0.325 e. The van der Waals surface area contributed by atoms with Gasteiger partial charge in [0.25, 0.3) is 0 Å². The molecule has 0 aliphatic carbocycles. The van der Waals surface area contributed by atoms with Crippen LogP contribution >= 0.6 is 0 Å². The Kier molecular flexibility index (Phi) is 3.22. The fourth-order valence-electron chi connectivity index (χ4n) is 1.04. The van der Waals surface area contributed by atoms with Crippen molar-refractivity contribution in [2.45, 2.75) is 0 Å². The first-order valence-corrected chi connectivity index (χ1v) is 4.82. The minimum absolute atomic E-state index is 0.0730. The van der Waals surface area contributed by atoms with E-state index < -0.39 is 0 Å². The normalized spacial score (nSPS) is 10.1. The Balaban J connectivity index is 1.96. The first-order chi connectivity index (χ1) is 9.02. The van der Waals surface area contributed by atoms with Crippen molar-refractivity contribution in [3.8, 4) is 12.0 Å². The minimum Gasteiger partial charge on any atom is -0.425 e. The molecule has 12 heteroatoms. The standard InChI is InChI=1S/C7H10N10O2/c8-2-12-3(9)15-6(14-2)18-1-19-7-16-4(10)13-5(11)17-7/h1H2,(H4,8,9,12,14,15)(H4,10,11,13,16,17). The first kappa shape index (κ1) is 12.3. The molecule has 0 aromatic carbocycles. The molecule has 0 atom stereocenters. The Morgan fingerprint density at radius 3 is 1.21 bits per heavy atom. The summed E-state index contributed by atoms with van der Waals surface area (Å²) in [6.07, 6.45) is 0.